The van der Waals surface area contributed by atoms with E-state index in [2.05, 4.69) is 10.3 Å². The van der Waals surface area contributed by atoms with Crippen molar-refractivity contribution in [1.29, 1.82) is 0 Å². The number of carbonyl (C=O) groups is 2. The van der Waals surface area contributed by atoms with Crippen molar-refractivity contribution in [2.45, 2.75) is 13.0 Å². The van der Waals surface area contributed by atoms with Gasteiger partial charge in [-0.25, -0.2) is 4.79 Å². The maximum Gasteiger partial charge on any atom is 0.331 e. The Morgan fingerprint density at radius 3 is 2.71 bits per heavy atom. The summed E-state index contributed by atoms with van der Waals surface area (Å²) in [6, 6.07) is 13.1. The van der Waals surface area contributed by atoms with Crippen LogP contribution in [-0.4, -0.2) is 35.0 Å². The average molecular weight is 421 g/mol. The Balaban J connectivity index is 1.67. The molecule has 0 saturated heterocycles. The van der Waals surface area contributed by atoms with Crippen molar-refractivity contribution in [2.24, 2.45) is 0 Å². The lowest BCUT2D eigenvalue weighted by molar-refractivity contribution is -0.384. The molecule has 0 spiro atoms. The number of para-hydroxylation sites is 1. The van der Waals surface area contributed by atoms with Crippen LogP contribution in [0.15, 0.2) is 60.8 Å². The van der Waals surface area contributed by atoms with Gasteiger partial charge in [-0.15, -0.1) is 0 Å². The van der Waals surface area contributed by atoms with Gasteiger partial charge in [0, 0.05) is 35.4 Å². The summed E-state index contributed by atoms with van der Waals surface area (Å²) in [5.41, 5.74) is 1.35. The minimum atomic E-state index is -1.15. The van der Waals surface area contributed by atoms with Crippen LogP contribution in [0.3, 0.4) is 0 Å². The molecule has 1 atom stereocenters. The number of methoxy groups -OCH3 is 1. The van der Waals surface area contributed by atoms with E-state index in [0.29, 0.717) is 0 Å². The third-order valence-electron chi connectivity index (χ3n) is 4.38. The molecule has 3 aromatic rings. The van der Waals surface area contributed by atoms with Crippen molar-refractivity contribution < 1.29 is 24.0 Å². The number of aromatic nitrogens is 1. The number of non-ortho nitro benzene ring substituents is 1. The van der Waals surface area contributed by atoms with Crippen molar-refractivity contribution in [3.8, 4) is 5.75 Å². The van der Waals surface area contributed by atoms with Gasteiger partial charge >= 0.3 is 5.97 Å². The molecular formula is C22H19N3O6. The molecule has 31 heavy (non-hydrogen) atoms. The maximum atomic E-state index is 12.4. The number of ether oxygens (including phenoxy) is 2. The van der Waals surface area contributed by atoms with Crippen LogP contribution in [0.4, 0.5) is 11.4 Å². The average Bonchev–Trinajstić information content (AvgIpc) is 2.77. The summed E-state index contributed by atoms with van der Waals surface area (Å²) in [4.78, 5) is 39.2. The number of hydrogen-bond donors (Lipinski definition) is 1. The molecule has 1 N–H and O–H groups in total. The molecule has 0 saturated carbocycles. The first-order valence-electron chi connectivity index (χ1n) is 9.25. The van der Waals surface area contributed by atoms with E-state index >= 15 is 0 Å². The van der Waals surface area contributed by atoms with Gasteiger partial charge < -0.3 is 14.8 Å². The van der Waals surface area contributed by atoms with Crippen molar-refractivity contribution >= 4 is 40.2 Å². The number of hydrogen-bond acceptors (Lipinski definition) is 7. The molecule has 2 aromatic carbocycles. The fraction of sp³-hybridized carbons (Fsp3) is 0.136. The summed E-state index contributed by atoms with van der Waals surface area (Å²) in [7, 11) is 1.37. The third-order valence-corrected chi connectivity index (χ3v) is 4.38. The van der Waals surface area contributed by atoms with E-state index in [1.807, 2.05) is 30.3 Å². The van der Waals surface area contributed by atoms with Gasteiger partial charge in [0.1, 0.15) is 5.75 Å². The van der Waals surface area contributed by atoms with Gasteiger partial charge in [0.25, 0.3) is 11.6 Å². The molecule has 1 aromatic heterocycles. The molecule has 1 amide bonds. The lowest BCUT2D eigenvalue weighted by Gasteiger charge is -2.14. The van der Waals surface area contributed by atoms with Crippen LogP contribution in [-0.2, 0) is 14.3 Å². The molecule has 1 heterocycles. The zero-order valence-corrected chi connectivity index (χ0v) is 16.8. The van der Waals surface area contributed by atoms with Crippen LogP contribution in [0.5, 0.6) is 5.75 Å². The first-order chi connectivity index (χ1) is 14.9. The van der Waals surface area contributed by atoms with Crippen LogP contribution in [0.2, 0.25) is 0 Å². The molecule has 0 fully saturated rings. The second-order valence-corrected chi connectivity index (χ2v) is 6.47. The van der Waals surface area contributed by atoms with Gasteiger partial charge in [0.2, 0.25) is 0 Å². The molecule has 0 aliphatic carbocycles. The van der Waals surface area contributed by atoms with Crippen LogP contribution in [0, 0.1) is 10.1 Å². The number of nitro benzene ring substituents is 1. The summed E-state index contributed by atoms with van der Waals surface area (Å²) >= 11 is 0. The third kappa shape index (κ3) is 5.21. The second kappa shape index (κ2) is 9.49. The topological polar surface area (TPSA) is 121 Å². The summed E-state index contributed by atoms with van der Waals surface area (Å²) in [6.45, 7) is 1.39. The smallest absolute Gasteiger partial charge is 0.331 e. The highest BCUT2D eigenvalue weighted by atomic mass is 16.6. The fourth-order valence-electron chi connectivity index (χ4n) is 2.83. The van der Waals surface area contributed by atoms with Crippen LogP contribution >= 0.6 is 0 Å². The number of nitro groups is 1. The molecule has 158 valence electrons. The Morgan fingerprint density at radius 1 is 1.19 bits per heavy atom. The lowest BCUT2D eigenvalue weighted by Crippen LogP contribution is -2.29. The fourth-order valence-corrected chi connectivity index (χ4v) is 2.83. The number of amides is 1. The highest BCUT2D eigenvalue weighted by Crippen LogP contribution is 2.29. The number of esters is 1. The molecule has 0 aliphatic rings. The Hall–Kier alpha value is -4.27. The zero-order chi connectivity index (χ0) is 22.4. The van der Waals surface area contributed by atoms with E-state index in [4.69, 9.17) is 9.47 Å². The number of carbonyl (C=O) groups excluding carboxylic acids is 2. The number of nitrogens with one attached hydrogen (secondary N) is 1. The number of anilines is 1. The Kier molecular flexibility index (Phi) is 6.56. The summed E-state index contributed by atoms with van der Waals surface area (Å²) in [6.07, 6.45) is 3.28. The highest BCUT2D eigenvalue weighted by molar-refractivity contribution is 5.98. The standard InChI is InChI=1S/C22H19N3O6/c1-14(22(27)24-18-13-17(25(28)29)9-10-19(18)30-2)31-20(26)11-8-16-6-3-5-15-7-4-12-23-21(15)16/h3-14H,1-2H3,(H,24,27)/b11-8+. The molecule has 0 aliphatic heterocycles. The van der Waals surface area contributed by atoms with Gasteiger partial charge in [0.05, 0.1) is 23.2 Å². The quantitative estimate of drug-likeness (QED) is 0.267. The number of pyridine rings is 1. The number of rotatable bonds is 7. The van der Waals surface area contributed by atoms with E-state index < -0.39 is 22.9 Å². The molecule has 0 radical (unpaired) electrons. The van der Waals surface area contributed by atoms with Crippen molar-refractivity contribution in [3.63, 3.8) is 0 Å². The van der Waals surface area contributed by atoms with Gasteiger partial charge in [0.15, 0.2) is 6.10 Å². The zero-order valence-electron chi connectivity index (χ0n) is 16.8. The van der Waals surface area contributed by atoms with E-state index in [1.165, 1.54) is 38.3 Å². The molecule has 9 heteroatoms. The number of nitrogens with zero attached hydrogens (tertiary/aromatic N) is 2. The lowest BCUT2D eigenvalue weighted by atomic mass is 10.1. The second-order valence-electron chi connectivity index (χ2n) is 6.47. The molecule has 0 bridgehead atoms. The largest absolute Gasteiger partial charge is 0.495 e. The number of benzene rings is 2. The minimum absolute atomic E-state index is 0.0990. The van der Waals surface area contributed by atoms with Crippen molar-refractivity contribution in [1.82, 2.24) is 4.98 Å². The van der Waals surface area contributed by atoms with Gasteiger partial charge in [-0.3, -0.25) is 19.9 Å². The van der Waals surface area contributed by atoms with Gasteiger partial charge in [-0.05, 0) is 25.1 Å². The first kappa shape index (κ1) is 21.4. The summed E-state index contributed by atoms with van der Waals surface area (Å²) < 4.78 is 10.2. The molecule has 9 nitrogen and oxygen atoms in total. The van der Waals surface area contributed by atoms with Crippen LogP contribution < -0.4 is 10.1 Å². The number of fused-ring (bicyclic) bond motifs is 1. The Morgan fingerprint density at radius 2 is 1.97 bits per heavy atom. The van der Waals surface area contributed by atoms with Crippen LogP contribution in [0.25, 0.3) is 17.0 Å². The molecule has 1 unspecified atom stereocenters. The van der Waals surface area contributed by atoms with Gasteiger partial charge in [-0.2, -0.15) is 0 Å². The SMILES string of the molecule is COc1ccc([N+](=O)[O-])cc1NC(=O)C(C)OC(=O)/C=C/c1cccc2cccnc12. The highest BCUT2D eigenvalue weighted by Gasteiger charge is 2.20. The Labute approximate surface area is 177 Å². The predicted octanol–water partition coefficient (Wildman–Crippen LogP) is 3.74. The minimum Gasteiger partial charge on any atom is -0.495 e. The summed E-state index contributed by atoms with van der Waals surface area (Å²) in [5, 5.41) is 14.4. The normalized spacial score (nSPS) is 11.8. The van der Waals surface area contributed by atoms with E-state index in [-0.39, 0.29) is 17.1 Å². The van der Waals surface area contributed by atoms with E-state index in [0.717, 1.165) is 16.5 Å². The maximum absolute atomic E-state index is 12.4. The monoisotopic (exact) mass is 421 g/mol. The van der Waals surface area contributed by atoms with E-state index in [1.54, 1.807) is 12.3 Å². The summed E-state index contributed by atoms with van der Waals surface area (Å²) in [5.74, 6) is -1.14. The van der Waals surface area contributed by atoms with Crippen molar-refractivity contribution in [3.05, 3.63) is 76.5 Å². The first-order valence-corrected chi connectivity index (χ1v) is 9.25. The van der Waals surface area contributed by atoms with Crippen molar-refractivity contribution in [2.75, 3.05) is 12.4 Å². The Bertz CT molecular complexity index is 1170. The van der Waals surface area contributed by atoms with E-state index in [9.17, 15) is 19.7 Å². The molecule has 3 rings (SSSR count). The van der Waals surface area contributed by atoms with Crippen LogP contribution in [0.1, 0.15) is 12.5 Å². The van der Waals surface area contributed by atoms with Gasteiger partial charge in [-0.1, -0.05) is 24.3 Å². The predicted molar refractivity (Wildman–Crippen MR) is 115 cm³/mol. The molecular weight excluding hydrogens is 402 g/mol.